The van der Waals surface area contributed by atoms with Crippen LogP contribution in [0.3, 0.4) is 0 Å². The van der Waals surface area contributed by atoms with Crippen LogP contribution in [0.1, 0.15) is 18.4 Å². The zero-order valence-electron chi connectivity index (χ0n) is 17.7. The fourth-order valence-corrected chi connectivity index (χ4v) is 4.13. The molecule has 0 bridgehead atoms. The topological polar surface area (TPSA) is 88.2 Å². The molecule has 0 saturated carbocycles. The zero-order valence-corrected chi connectivity index (χ0v) is 19.3. The first-order valence-electron chi connectivity index (χ1n) is 10.1. The highest BCUT2D eigenvalue weighted by atomic mass is 79.9. The number of methoxy groups -OCH3 is 2. The maximum atomic E-state index is 13.2. The number of anilines is 2. The molecule has 2 aliphatic rings. The average molecular weight is 500 g/mol. The summed E-state index contributed by atoms with van der Waals surface area (Å²) in [4.78, 5) is 41.2. The number of amides is 4. The smallest absolute Gasteiger partial charge is 0.335 e. The number of nitrogens with zero attached hydrogens (tertiary/aromatic N) is 2. The molecule has 0 atom stereocenters. The number of hydrogen-bond acceptors (Lipinski definition) is 6. The molecule has 2 aliphatic heterocycles. The summed E-state index contributed by atoms with van der Waals surface area (Å²) in [5.74, 6) is -0.374. The molecule has 2 aromatic rings. The SMILES string of the molecule is COc1cc(N2CCCC2)c(OC)cc1/C=C1\C(=O)NC(=O)N(c2ccc(Br)cc2)C1=O. The fourth-order valence-electron chi connectivity index (χ4n) is 3.86. The molecule has 4 rings (SSSR count). The number of urea groups is 1. The minimum absolute atomic E-state index is 0.179. The number of barbiturate groups is 1. The van der Waals surface area contributed by atoms with Gasteiger partial charge in [0.25, 0.3) is 11.8 Å². The lowest BCUT2D eigenvalue weighted by Gasteiger charge is -2.26. The Hall–Kier alpha value is -3.33. The van der Waals surface area contributed by atoms with E-state index in [0.717, 1.165) is 41.0 Å². The van der Waals surface area contributed by atoms with Gasteiger partial charge >= 0.3 is 6.03 Å². The van der Waals surface area contributed by atoms with Crippen LogP contribution in [0, 0.1) is 0 Å². The van der Waals surface area contributed by atoms with Crippen molar-refractivity contribution in [2.45, 2.75) is 12.8 Å². The predicted molar refractivity (Wildman–Crippen MR) is 124 cm³/mol. The third kappa shape index (κ3) is 4.08. The Morgan fingerprint density at radius 1 is 0.969 bits per heavy atom. The molecule has 4 amide bonds. The van der Waals surface area contributed by atoms with Crippen LogP contribution in [0.25, 0.3) is 6.08 Å². The summed E-state index contributed by atoms with van der Waals surface area (Å²) in [6.07, 6.45) is 3.63. The second-order valence-corrected chi connectivity index (χ2v) is 8.31. The Bertz CT molecular complexity index is 1110. The number of imide groups is 2. The first kappa shape index (κ1) is 21.9. The molecule has 2 saturated heterocycles. The number of carbonyl (C=O) groups is 3. The fraction of sp³-hybridized carbons (Fsp3) is 0.261. The zero-order chi connectivity index (χ0) is 22.8. The van der Waals surface area contributed by atoms with Gasteiger partial charge in [0.15, 0.2) is 0 Å². The van der Waals surface area contributed by atoms with Crippen molar-refractivity contribution in [3.05, 3.63) is 52.0 Å². The monoisotopic (exact) mass is 499 g/mol. The Morgan fingerprint density at radius 2 is 1.62 bits per heavy atom. The largest absolute Gasteiger partial charge is 0.496 e. The summed E-state index contributed by atoms with van der Waals surface area (Å²) in [7, 11) is 3.10. The Labute approximate surface area is 193 Å². The van der Waals surface area contributed by atoms with Crippen LogP contribution in [0.2, 0.25) is 0 Å². The van der Waals surface area contributed by atoms with Crippen molar-refractivity contribution in [3.63, 3.8) is 0 Å². The van der Waals surface area contributed by atoms with E-state index in [9.17, 15) is 14.4 Å². The van der Waals surface area contributed by atoms with Gasteiger partial charge in [-0.25, -0.2) is 9.69 Å². The van der Waals surface area contributed by atoms with E-state index in [2.05, 4.69) is 26.1 Å². The summed E-state index contributed by atoms with van der Waals surface area (Å²) in [5.41, 5.74) is 1.57. The number of benzene rings is 2. The Balaban J connectivity index is 1.75. The maximum Gasteiger partial charge on any atom is 0.335 e. The maximum absolute atomic E-state index is 13.2. The lowest BCUT2D eigenvalue weighted by atomic mass is 10.0. The highest BCUT2D eigenvalue weighted by molar-refractivity contribution is 9.10. The van der Waals surface area contributed by atoms with Gasteiger partial charge in [-0.15, -0.1) is 0 Å². The van der Waals surface area contributed by atoms with Crippen molar-refractivity contribution in [1.29, 1.82) is 0 Å². The van der Waals surface area contributed by atoms with Gasteiger partial charge in [-0.3, -0.25) is 14.9 Å². The van der Waals surface area contributed by atoms with E-state index in [-0.39, 0.29) is 5.57 Å². The molecule has 0 aliphatic carbocycles. The molecular weight excluding hydrogens is 478 g/mol. The summed E-state index contributed by atoms with van der Waals surface area (Å²) in [5, 5.41) is 2.23. The van der Waals surface area contributed by atoms with Gasteiger partial charge < -0.3 is 14.4 Å². The third-order valence-corrected chi connectivity index (χ3v) is 5.99. The molecule has 2 fully saturated rings. The summed E-state index contributed by atoms with van der Waals surface area (Å²) >= 11 is 3.33. The van der Waals surface area contributed by atoms with Gasteiger partial charge in [-0.05, 0) is 49.2 Å². The normalized spacial score (nSPS) is 17.7. The van der Waals surface area contributed by atoms with Crippen LogP contribution >= 0.6 is 15.9 Å². The molecule has 0 aromatic heterocycles. The van der Waals surface area contributed by atoms with Gasteiger partial charge in [0, 0.05) is 29.2 Å². The highest BCUT2D eigenvalue weighted by Crippen LogP contribution is 2.38. The van der Waals surface area contributed by atoms with E-state index in [0.29, 0.717) is 22.7 Å². The quantitative estimate of drug-likeness (QED) is 0.498. The van der Waals surface area contributed by atoms with E-state index < -0.39 is 17.8 Å². The Morgan fingerprint density at radius 3 is 2.25 bits per heavy atom. The molecule has 32 heavy (non-hydrogen) atoms. The van der Waals surface area contributed by atoms with Crippen molar-refractivity contribution >= 4 is 51.2 Å². The molecule has 2 aromatic carbocycles. The molecule has 166 valence electrons. The lowest BCUT2D eigenvalue weighted by Crippen LogP contribution is -2.54. The Kier molecular flexibility index (Phi) is 6.18. The van der Waals surface area contributed by atoms with Gasteiger partial charge in [0.1, 0.15) is 17.1 Å². The molecule has 2 heterocycles. The van der Waals surface area contributed by atoms with Crippen LogP contribution < -0.4 is 24.6 Å². The van der Waals surface area contributed by atoms with Crippen molar-refractivity contribution in [1.82, 2.24) is 5.32 Å². The summed E-state index contributed by atoms with van der Waals surface area (Å²) < 4.78 is 11.9. The van der Waals surface area contributed by atoms with Crippen molar-refractivity contribution < 1.29 is 23.9 Å². The summed E-state index contributed by atoms with van der Waals surface area (Å²) in [6.45, 7) is 1.84. The second kappa shape index (κ2) is 9.04. The number of rotatable bonds is 5. The average Bonchev–Trinajstić information content (AvgIpc) is 3.32. The van der Waals surface area contributed by atoms with E-state index in [1.54, 1.807) is 37.4 Å². The molecule has 0 spiro atoms. The van der Waals surface area contributed by atoms with E-state index in [1.165, 1.54) is 13.2 Å². The number of carbonyl (C=O) groups excluding carboxylic acids is 3. The van der Waals surface area contributed by atoms with Gasteiger partial charge in [0.2, 0.25) is 0 Å². The highest BCUT2D eigenvalue weighted by Gasteiger charge is 2.37. The first-order chi connectivity index (χ1) is 15.4. The van der Waals surface area contributed by atoms with Gasteiger partial charge in [-0.1, -0.05) is 15.9 Å². The number of nitrogens with one attached hydrogen (secondary N) is 1. The molecular formula is C23H22BrN3O5. The van der Waals surface area contributed by atoms with Crippen molar-refractivity contribution in [2.75, 3.05) is 37.1 Å². The van der Waals surface area contributed by atoms with Crippen molar-refractivity contribution in [2.24, 2.45) is 0 Å². The first-order valence-corrected chi connectivity index (χ1v) is 10.9. The van der Waals surface area contributed by atoms with Crippen LogP contribution in [0.5, 0.6) is 11.5 Å². The summed E-state index contributed by atoms with van der Waals surface area (Å²) in [6, 6.07) is 9.43. The van der Waals surface area contributed by atoms with Crippen LogP contribution in [-0.4, -0.2) is 45.2 Å². The third-order valence-electron chi connectivity index (χ3n) is 5.46. The van der Waals surface area contributed by atoms with Crippen LogP contribution in [0.4, 0.5) is 16.2 Å². The minimum Gasteiger partial charge on any atom is -0.496 e. The van der Waals surface area contributed by atoms with Crippen molar-refractivity contribution in [3.8, 4) is 11.5 Å². The van der Waals surface area contributed by atoms with Gasteiger partial charge in [0.05, 0.1) is 25.6 Å². The molecule has 9 heteroatoms. The van der Waals surface area contributed by atoms with E-state index in [4.69, 9.17) is 9.47 Å². The lowest BCUT2D eigenvalue weighted by molar-refractivity contribution is -0.122. The molecule has 8 nitrogen and oxygen atoms in total. The number of hydrogen-bond donors (Lipinski definition) is 1. The van der Waals surface area contributed by atoms with Crippen LogP contribution in [-0.2, 0) is 9.59 Å². The number of ether oxygens (including phenoxy) is 2. The van der Waals surface area contributed by atoms with E-state index in [1.807, 2.05) is 6.07 Å². The second-order valence-electron chi connectivity index (χ2n) is 7.39. The molecule has 0 unspecified atom stereocenters. The molecule has 1 N–H and O–H groups in total. The number of halogens is 1. The standard InChI is InChI=1S/C23H22BrN3O5/c1-31-19-13-18(26-9-3-4-10-26)20(32-2)12-14(19)11-17-21(28)25-23(30)27(22(17)29)16-7-5-15(24)6-8-16/h5-8,11-13H,3-4,9-10H2,1-2H3,(H,25,28,30)/b17-11+. The van der Waals surface area contributed by atoms with E-state index >= 15 is 0 Å². The van der Waals surface area contributed by atoms with Crippen LogP contribution in [0.15, 0.2) is 46.4 Å². The molecule has 0 radical (unpaired) electrons. The minimum atomic E-state index is -0.798. The predicted octanol–water partition coefficient (Wildman–Crippen LogP) is 3.73. The van der Waals surface area contributed by atoms with Gasteiger partial charge in [-0.2, -0.15) is 0 Å².